The van der Waals surface area contributed by atoms with E-state index in [9.17, 15) is 4.79 Å². The zero-order chi connectivity index (χ0) is 18.3. The molecule has 136 valence electrons. The van der Waals surface area contributed by atoms with Gasteiger partial charge in [-0.2, -0.15) is 0 Å². The largest absolute Gasteiger partial charge is 0.378 e. The quantitative estimate of drug-likeness (QED) is 0.616. The molecule has 0 bridgehead atoms. The highest BCUT2D eigenvalue weighted by molar-refractivity contribution is 9.10. The minimum atomic E-state index is -0.202. The SMILES string of the molecule is CN(C)c1ccc(N2C(=O)C3(CCCCC3)C2c2ccc(Br)cc2)cc1. The number of nitrogens with zero attached hydrogens (tertiary/aromatic N) is 2. The summed E-state index contributed by atoms with van der Waals surface area (Å²) in [6.07, 6.45) is 5.59. The predicted molar refractivity (Wildman–Crippen MR) is 111 cm³/mol. The van der Waals surface area contributed by atoms with Crippen molar-refractivity contribution in [1.82, 2.24) is 0 Å². The molecule has 0 N–H and O–H groups in total. The molecule has 1 heterocycles. The van der Waals surface area contributed by atoms with Crippen molar-refractivity contribution in [3.63, 3.8) is 0 Å². The van der Waals surface area contributed by atoms with Crippen LogP contribution in [0.1, 0.15) is 43.7 Å². The molecule has 1 saturated heterocycles. The summed E-state index contributed by atoms with van der Waals surface area (Å²) in [6.45, 7) is 0. The van der Waals surface area contributed by atoms with Crippen molar-refractivity contribution in [2.75, 3.05) is 23.9 Å². The summed E-state index contributed by atoms with van der Waals surface area (Å²) in [5.74, 6) is 0.308. The van der Waals surface area contributed by atoms with Gasteiger partial charge in [0.25, 0.3) is 0 Å². The van der Waals surface area contributed by atoms with E-state index in [1.165, 1.54) is 12.0 Å². The van der Waals surface area contributed by atoms with Crippen molar-refractivity contribution in [3.05, 3.63) is 58.6 Å². The molecule has 26 heavy (non-hydrogen) atoms. The van der Waals surface area contributed by atoms with Crippen LogP contribution >= 0.6 is 15.9 Å². The second kappa shape index (κ2) is 6.73. The number of carbonyl (C=O) groups is 1. The number of halogens is 1. The van der Waals surface area contributed by atoms with Crippen LogP contribution in [0, 0.1) is 5.41 Å². The Morgan fingerprint density at radius 2 is 1.58 bits per heavy atom. The highest BCUT2D eigenvalue weighted by Gasteiger charge is 2.61. The van der Waals surface area contributed by atoms with Crippen molar-refractivity contribution in [1.29, 1.82) is 0 Å². The highest BCUT2D eigenvalue weighted by Crippen LogP contribution is 2.59. The van der Waals surface area contributed by atoms with E-state index >= 15 is 0 Å². The summed E-state index contributed by atoms with van der Waals surface area (Å²) in [4.78, 5) is 17.4. The van der Waals surface area contributed by atoms with Crippen LogP contribution in [-0.4, -0.2) is 20.0 Å². The molecule has 2 fully saturated rings. The van der Waals surface area contributed by atoms with Gasteiger partial charge in [-0.15, -0.1) is 0 Å². The van der Waals surface area contributed by atoms with E-state index in [1.807, 2.05) is 19.0 Å². The first kappa shape index (κ1) is 17.6. The van der Waals surface area contributed by atoms with Gasteiger partial charge in [-0.1, -0.05) is 47.3 Å². The van der Waals surface area contributed by atoms with Gasteiger partial charge in [0.1, 0.15) is 0 Å². The number of carbonyl (C=O) groups excluding carboxylic acids is 1. The van der Waals surface area contributed by atoms with Gasteiger partial charge in [-0.3, -0.25) is 4.79 Å². The molecule has 0 radical (unpaired) electrons. The molecule has 2 aromatic rings. The zero-order valence-corrected chi connectivity index (χ0v) is 17.0. The summed E-state index contributed by atoms with van der Waals surface area (Å²) in [6, 6.07) is 17.0. The lowest BCUT2D eigenvalue weighted by Gasteiger charge is -2.58. The van der Waals surface area contributed by atoms with Crippen molar-refractivity contribution < 1.29 is 4.79 Å². The van der Waals surface area contributed by atoms with Gasteiger partial charge in [0.15, 0.2) is 0 Å². The molecule has 3 nitrogen and oxygen atoms in total. The van der Waals surface area contributed by atoms with Crippen LogP contribution < -0.4 is 9.80 Å². The topological polar surface area (TPSA) is 23.6 Å². The fourth-order valence-electron chi connectivity index (χ4n) is 4.62. The maximum atomic E-state index is 13.3. The summed E-state index contributed by atoms with van der Waals surface area (Å²) in [5, 5.41) is 0. The van der Waals surface area contributed by atoms with Crippen molar-refractivity contribution in [2.45, 2.75) is 38.1 Å². The Morgan fingerprint density at radius 3 is 2.15 bits per heavy atom. The second-order valence-electron chi connectivity index (χ2n) is 7.76. The number of β-lactam (4-membered cyclic amide) rings is 1. The van der Waals surface area contributed by atoms with Gasteiger partial charge in [0.05, 0.1) is 11.5 Å². The standard InChI is InChI=1S/C22H25BrN2O/c1-24(2)18-10-12-19(13-11-18)25-20(16-6-8-17(23)9-7-16)22(21(25)26)14-4-3-5-15-22/h6-13,20H,3-5,14-15H2,1-2H3. The Morgan fingerprint density at radius 1 is 0.962 bits per heavy atom. The van der Waals surface area contributed by atoms with Gasteiger partial charge < -0.3 is 9.80 Å². The smallest absolute Gasteiger partial charge is 0.236 e. The van der Waals surface area contributed by atoms with E-state index in [0.717, 1.165) is 41.5 Å². The molecule has 4 rings (SSSR count). The van der Waals surface area contributed by atoms with Gasteiger partial charge in [0.2, 0.25) is 5.91 Å². The molecule has 1 amide bonds. The first-order valence-corrected chi connectivity index (χ1v) is 10.2. The van der Waals surface area contributed by atoms with E-state index in [1.54, 1.807) is 0 Å². The summed E-state index contributed by atoms with van der Waals surface area (Å²) in [7, 11) is 4.07. The molecule has 1 aliphatic heterocycles. The lowest BCUT2D eigenvalue weighted by atomic mass is 9.60. The van der Waals surface area contributed by atoms with Gasteiger partial charge in [0, 0.05) is 29.9 Å². The zero-order valence-electron chi connectivity index (χ0n) is 15.4. The molecular weight excluding hydrogens is 388 g/mol. The van der Waals surface area contributed by atoms with E-state index < -0.39 is 0 Å². The number of amides is 1. The third kappa shape index (κ3) is 2.75. The molecule has 2 aliphatic rings. The van der Waals surface area contributed by atoms with Crippen LogP contribution in [0.3, 0.4) is 0 Å². The first-order valence-electron chi connectivity index (χ1n) is 9.39. The molecular formula is C22H25BrN2O. The van der Waals surface area contributed by atoms with Gasteiger partial charge in [-0.05, 0) is 54.8 Å². The Balaban J connectivity index is 1.72. The van der Waals surface area contributed by atoms with Gasteiger partial charge in [-0.25, -0.2) is 0 Å². The van der Waals surface area contributed by atoms with E-state index in [2.05, 4.69) is 69.4 Å². The van der Waals surface area contributed by atoms with Crippen molar-refractivity contribution >= 4 is 33.2 Å². The maximum Gasteiger partial charge on any atom is 0.236 e. The summed E-state index contributed by atoms with van der Waals surface area (Å²) >= 11 is 3.53. The predicted octanol–water partition coefficient (Wildman–Crippen LogP) is 5.55. The fourth-order valence-corrected chi connectivity index (χ4v) is 4.88. The third-order valence-electron chi connectivity index (χ3n) is 6.00. The average Bonchev–Trinajstić information content (AvgIpc) is 2.67. The Kier molecular flexibility index (Phi) is 4.55. The minimum Gasteiger partial charge on any atom is -0.378 e. The number of benzene rings is 2. The van der Waals surface area contributed by atoms with Gasteiger partial charge >= 0.3 is 0 Å². The van der Waals surface area contributed by atoms with Crippen LogP contribution in [0.2, 0.25) is 0 Å². The Hall–Kier alpha value is -1.81. The van der Waals surface area contributed by atoms with Crippen molar-refractivity contribution in [2.24, 2.45) is 5.41 Å². The molecule has 1 aliphatic carbocycles. The summed E-state index contributed by atoms with van der Waals surface area (Å²) < 4.78 is 1.08. The number of hydrogen-bond donors (Lipinski definition) is 0. The van der Waals surface area contributed by atoms with Crippen LogP contribution in [-0.2, 0) is 4.79 Å². The molecule has 0 aromatic heterocycles. The molecule has 4 heteroatoms. The van der Waals surface area contributed by atoms with E-state index in [4.69, 9.17) is 0 Å². The first-order chi connectivity index (χ1) is 12.5. The monoisotopic (exact) mass is 412 g/mol. The molecule has 1 atom stereocenters. The second-order valence-corrected chi connectivity index (χ2v) is 8.67. The van der Waals surface area contributed by atoms with Crippen LogP contribution in [0.25, 0.3) is 0 Å². The lowest BCUT2D eigenvalue weighted by molar-refractivity contribution is -0.143. The normalized spacial score (nSPS) is 21.6. The Labute approximate surface area is 164 Å². The number of rotatable bonds is 3. The third-order valence-corrected chi connectivity index (χ3v) is 6.53. The average molecular weight is 413 g/mol. The summed E-state index contributed by atoms with van der Waals surface area (Å²) in [5.41, 5.74) is 3.19. The van der Waals surface area contributed by atoms with Crippen molar-refractivity contribution in [3.8, 4) is 0 Å². The maximum absolute atomic E-state index is 13.3. The number of hydrogen-bond acceptors (Lipinski definition) is 2. The van der Waals surface area contributed by atoms with Crippen LogP contribution in [0.4, 0.5) is 11.4 Å². The lowest BCUT2D eigenvalue weighted by Crippen LogP contribution is -2.64. The van der Waals surface area contributed by atoms with Crippen LogP contribution in [0.5, 0.6) is 0 Å². The Bertz CT molecular complexity index is 792. The molecule has 1 spiro atoms. The van der Waals surface area contributed by atoms with Crippen LogP contribution in [0.15, 0.2) is 53.0 Å². The highest BCUT2D eigenvalue weighted by atomic mass is 79.9. The minimum absolute atomic E-state index is 0.147. The molecule has 1 saturated carbocycles. The molecule has 1 unspecified atom stereocenters. The van der Waals surface area contributed by atoms with E-state index in [-0.39, 0.29) is 11.5 Å². The fraction of sp³-hybridized carbons (Fsp3) is 0.409. The number of anilines is 2. The molecule has 2 aromatic carbocycles. The van der Waals surface area contributed by atoms with E-state index in [0.29, 0.717) is 5.91 Å².